The predicted molar refractivity (Wildman–Crippen MR) is 132 cm³/mol. The van der Waals surface area contributed by atoms with Crippen LogP contribution < -0.4 is 25.9 Å². The topological polar surface area (TPSA) is 108 Å². The number of ether oxygens (including phenoxy) is 3. The molecule has 1 aromatic carbocycles. The minimum absolute atomic E-state index is 0.190. The van der Waals surface area contributed by atoms with E-state index in [0.29, 0.717) is 23.1 Å². The molecule has 2 aromatic rings. The first-order valence-electron chi connectivity index (χ1n) is 10.6. The number of hydrazine groups is 1. The molecule has 9 heteroatoms. The van der Waals surface area contributed by atoms with Gasteiger partial charge in [-0.25, -0.2) is 5.84 Å². The molecule has 0 spiro atoms. The number of benzene rings is 1. The molecule has 0 unspecified atom stereocenters. The summed E-state index contributed by atoms with van der Waals surface area (Å²) in [5, 5.41) is 5.23. The fourth-order valence-corrected chi connectivity index (χ4v) is 4.06. The number of nitrogens with two attached hydrogens (primary N) is 2. The number of hydrogen-bond donors (Lipinski definition) is 2. The highest BCUT2D eigenvalue weighted by atomic mass is 32.1. The number of amidine groups is 1. The summed E-state index contributed by atoms with van der Waals surface area (Å²) in [6.07, 6.45) is 7.55. The summed E-state index contributed by atoms with van der Waals surface area (Å²) in [7, 11) is 3.34. The van der Waals surface area contributed by atoms with Crippen molar-refractivity contribution in [2.45, 2.75) is 40.5 Å². The van der Waals surface area contributed by atoms with Crippen LogP contribution >= 0.6 is 11.5 Å². The van der Waals surface area contributed by atoms with Gasteiger partial charge in [0.25, 0.3) is 0 Å². The van der Waals surface area contributed by atoms with Crippen LogP contribution in [0.2, 0.25) is 0 Å². The molecule has 0 amide bonds. The van der Waals surface area contributed by atoms with E-state index < -0.39 is 0 Å². The lowest BCUT2D eigenvalue weighted by Crippen LogP contribution is -2.35. The highest BCUT2D eigenvalue weighted by molar-refractivity contribution is 7.09. The molecule has 0 saturated heterocycles. The fourth-order valence-electron chi connectivity index (χ4n) is 3.29. The predicted octanol–water partition coefficient (Wildman–Crippen LogP) is 4.78. The maximum atomic E-state index is 5.85. The summed E-state index contributed by atoms with van der Waals surface area (Å²) in [5.74, 6) is 13.9. The Labute approximate surface area is 194 Å². The van der Waals surface area contributed by atoms with Crippen molar-refractivity contribution >= 4 is 22.9 Å². The molecule has 3 rings (SSSR count). The molecule has 2 heterocycles. The summed E-state index contributed by atoms with van der Waals surface area (Å²) < 4.78 is 21.0. The SMILES string of the molecule is CC.CCC(=C\C=C(/CC)c1cnsc1-c1cc(OC)c2c(c1)OCO2)/C(=N/N)N(C)N. The standard InChI is InChI=1S/C21H27N5O3S.C2H6/c1-5-13(7-8-14(6-2)21(25-22)26(3)23)16-11-24-30-20(16)15-9-17(27-4)19-18(10-15)28-12-29-19;1-2/h7-11H,5-6,12,22-23H2,1-4H3;1-2H3/b13-7+,14-8+,25-21-;. The van der Waals surface area contributed by atoms with E-state index in [1.807, 2.05) is 45.2 Å². The minimum Gasteiger partial charge on any atom is -0.493 e. The van der Waals surface area contributed by atoms with Crippen LogP contribution in [-0.2, 0) is 0 Å². The van der Waals surface area contributed by atoms with Gasteiger partial charge in [0.05, 0.1) is 12.0 Å². The molecular weight excluding hydrogens is 426 g/mol. The van der Waals surface area contributed by atoms with Crippen molar-refractivity contribution in [1.29, 1.82) is 0 Å². The van der Waals surface area contributed by atoms with E-state index in [0.717, 1.165) is 40.0 Å². The van der Waals surface area contributed by atoms with Crippen LogP contribution in [0.25, 0.3) is 16.0 Å². The molecule has 0 saturated carbocycles. The second-order valence-electron chi connectivity index (χ2n) is 6.64. The van der Waals surface area contributed by atoms with Gasteiger partial charge in [0.15, 0.2) is 17.3 Å². The maximum absolute atomic E-state index is 5.85. The van der Waals surface area contributed by atoms with E-state index in [2.05, 4.69) is 22.5 Å². The van der Waals surface area contributed by atoms with Crippen molar-refractivity contribution in [2.24, 2.45) is 16.8 Å². The third kappa shape index (κ3) is 5.41. The van der Waals surface area contributed by atoms with E-state index >= 15 is 0 Å². The average molecular weight is 460 g/mol. The van der Waals surface area contributed by atoms with Crippen molar-refractivity contribution in [3.8, 4) is 27.7 Å². The lowest BCUT2D eigenvalue weighted by molar-refractivity contribution is 0.171. The third-order valence-electron chi connectivity index (χ3n) is 4.83. The summed E-state index contributed by atoms with van der Waals surface area (Å²) in [4.78, 5) is 1.04. The van der Waals surface area contributed by atoms with Crippen LogP contribution in [0.5, 0.6) is 17.2 Å². The van der Waals surface area contributed by atoms with Gasteiger partial charge in [-0.3, -0.25) is 5.01 Å². The number of methoxy groups -OCH3 is 1. The smallest absolute Gasteiger partial charge is 0.231 e. The molecule has 8 nitrogen and oxygen atoms in total. The highest BCUT2D eigenvalue weighted by Crippen LogP contribution is 2.46. The summed E-state index contributed by atoms with van der Waals surface area (Å²) in [6, 6.07) is 3.92. The molecule has 0 fully saturated rings. The van der Waals surface area contributed by atoms with Crippen LogP contribution in [0.4, 0.5) is 0 Å². The third-order valence-corrected chi connectivity index (χ3v) is 5.68. The van der Waals surface area contributed by atoms with Gasteiger partial charge in [-0.15, -0.1) is 0 Å². The van der Waals surface area contributed by atoms with Crippen LogP contribution in [-0.4, -0.2) is 36.2 Å². The zero-order valence-electron chi connectivity index (χ0n) is 19.6. The number of hydrazone groups is 1. The van der Waals surface area contributed by atoms with E-state index in [1.165, 1.54) is 16.5 Å². The zero-order valence-corrected chi connectivity index (χ0v) is 20.5. The van der Waals surface area contributed by atoms with Gasteiger partial charge < -0.3 is 20.1 Å². The first-order valence-corrected chi connectivity index (χ1v) is 11.4. The number of likely N-dealkylation sites (N-methyl/N-ethyl adjacent to an activating group) is 1. The molecule has 1 aromatic heterocycles. The van der Waals surface area contributed by atoms with Crippen molar-refractivity contribution < 1.29 is 14.2 Å². The van der Waals surface area contributed by atoms with Gasteiger partial charge in [0, 0.05) is 24.4 Å². The summed E-state index contributed by atoms with van der Waals surface area (Å²) in [6.45, 7) is 8.34. The molecule has 1 aliphatic rings. The second kappa shape index (κ2) is 12.1. The first kappa shape index (κ1) is 25.2. The molecule has 1 aliphatic heterocycles. The van der Waals surface area contributed by atoms with Gasteiger partial charge in [0.2, 0.25) is 12.5 Å². The Morgan fingerprint density at radius 3 is 2.59 bits per heavy atom. The fraction of sp³-hybridized carbons (Fsp3) is 0.391. The number of nitrogens with zero attached hydrogens (tertiary/aromatic N) is 3. The molecule has 174 valence electrons. The maximum Gasteiger partial charge on any atom is 0.231 e. The number of aromatic nitrogens is 1. The molecule has 32 heavy (non-hydrogen) atoms. The summed E-state index contributed by atoms with van der Waals surface area (Å²) >= 11 is 1.43. The monoisotopic (exact) mass is 459 g/mol. The van der Waals surface area contributed by atoms with Crippen LogP contribution in [0.1, 0.15) is 46.1 Å². The largest absolute Gasteiger partial charge is 0.493 e. The van der Waals surface area contributed by atoms with E-state index in [1.54, 1.807) is 14.2 Å². The Morgan fingerprint density at radius 2 is 2.00 bits per heavy atom. The Balaban J connectivity index is 0.00000176. The Morgan fingerprint density at radius 1 is 1.25 bits per heavy atom. The molecule has 0 radical (unpaired) electrons. The van der Waals surface area contributed by atoms with Crippen LogP contribution in [0, 0.1) is 0 Å². The lowest BCUT2D eigenvalue weighted by Gasteiger charge is -2.16. The average Bonchev–Trinajstić information content (AvgIpc) is 3.49. The van der Waals surface area contributed by atoms with Crippen LogP contribution in [0.3, 0.4) is 0 Å². The van der Waals surface area contributed by atoms with Gasteiger partial charge in [-0.05, 0) is 47.7 Å². The molecule has 0 bridgehead atoms. The van der Waals surface area contributed by atoms with Gasteiger partial charge in [0.1, 0.15) is 0 Å². The number of rotatable bonds is 7. The Hall–Kier alpha value is -3.04. The number of fused-ring (bicyclic) bond motifs is 1. The van der Waals surface area contributed by atoms with Crippen LogP contribution in [0.15, 0.2) is 41.2 Å². The molecule has 4 N–H and O–H groups in total. The zero-order chi connectivity index (χ0) is 23.7. The first-order chi connectivity index (χ1) is 15.5. The molecule has 0 atom stereocenters. The van der Waals surface area contributed by atoms with E-state index in [4.69, 9.17) is 25.9 Å². The van der Waals surface area contributed by atoms with Crippen molar-refractivity contribution in [2.75, 3.05) is 21.0 Å². The lowest BCUT2D eigenvalue weighted by atomic mass is 9.99. The number of allylic oxidation sites excluding steroid dienone is 3. The van der Waals surface area contributed by atoms with Gasteiger partial charge in [-0.2, -0.15) is 9.47 Å². The van der Waals surface area contributed by atoms with Gasteiger partial charge in [-0.1, -0.05) is 39.8 Å². The highest BCUT2D eigenvalue weighted by Gasteiger charge is 2.22. The Kier molecular flexibility index (Phi) is 9.55. The van der Waals surface area contributed by atoms with E-state index in [9.17, 15) is 0 Å². The molecule has 0 aliphatic carbocycles. The molecular formula is C23H33N5O3S. The van der Waals surface area contributed by atoms with Gasteiger partial charge >= 0.3 is 0 Å². The van der Waals surface area contributed by atoms with E-state index in [-0.39, 0.29) is 6.79 Å². The van der Waals surface area contributed by atoms with Crippen molar-refractivity contribution in [3.63, 3.8) is 0 Å². The summed E-state index contributed by atoms with van der Waals surface area (Å²) in [5.41, 5.74) is 4.11. The minimum atomic E-state index is 0.190. The quantitative estimate of drug-likeness (QED) is 0.202. The van der Waals surface area contributed by atoms with Crippen molar-refractivity contribution in [3.05, 3.63) is 41.6 Å². The number of hydrogen-bond acceptors (Lipinski definition) is 8. The second-order valence-corrected chi connectivity index (χ2v) is 7.44. The van der Waals surface area contributed by atoms with Crippen molar-refractivity contribution in [1.82, 2.24) is 9.38 Å². The normalized spacial score (nSPS) is 13.5. The Bertz CT molecular complexity index is 996.